The van der Waals surface area contributed by atoms with Crippen molar-refractivity contribution in [1.82, 2.24) is 15.1 Å². The summed E-state index contributed by atoms with van der Waals surface area (Å²) in [6.45, 7) is 21.2. The first-order valence-electron chi connectivity index (χ1n) is 23.0. The molecule has 0 aliphatic carbocycles. The normalized spacial score (nSPS) is 19.5. The van der Waals surface area contributed by atoms with Crippen molar-refractivity contribution >= 4 is 49.6 Å². The Labute approximate surface area is 390 Å². The van der Waals surface area contributed by atoms with Crippen molar-refractivity contribution in [3.05, 3.63) is 48.0 Å². The molecule has 362 valence electrons. The number of rotatable bonds is 16. The molecule has 66 heavy (non-hydrogen) atoms. The Kier molecular flexibility index (Phi) is 15.6. The summed E-state index contributed by atoms with van der Waals surface area (Å²) in [6.07, 6.45) is 4.33. The molecule has 2 fully saturated rings. The summed E-state index contributed by atoms with van der Waals surface area (Å²) in [6, 6.07) is 6.05. The fraction of sp³-hybridized carbons (Fsp3) is 0.604. The van der Waals surface area contributed by atoms with E-state index in [0.29, 0.717) is 97.5 Å². The van der Waals surface area contributed by atoms with Gasteiger partial charge in [0.05, 0.1) is 62.0 Å². The van der Waals surface area contributed by atoms with Gasteiger partial charge in [-0.25, -0.2) is 14.5 Å². The van der Waals surface area contributed by atoms with Crippen LogP contribution in [0.25, 0.3) is 0 Å². The Bertz CT molecular complexity index is 2150. The van der Waals surface area contributed by atoms with E-state index in [9.17, 15) is 24.0 Å². The molecular formula is C48H69N5O12Si. The van der Waals surface area contributed by atoms with Crippen molar-refractivity contribution < 1.29 is 56.8 Å². The highest BCUT2D eigenvalue weighted by molar-refractivity contribution is 6.74. The van der Waals surface area contributed by atoms with E-state index in [-0.39, 0.29) is 48.6 Å². The molecule has 18 heteroatoms. The van der Waals surface area contributed by atoms with Gasteiger partial charge in [0.2, 0.25) is 5.91 Å². The monoisotopic (exact) mass is 935 g/mol. The molecule has 1 N–H and O–H groups in total. The number of carbonyl (C=O) groups excluding carboxylic acids is 5. The van der Waals surface area contributed by atoms with Gasteiger partial charge < -0.3 is 52.9 Å². The number of fused-ring (bicyclic) bond motifs is 4. The molecule has 0 bridgehead atoms. The predicted molar refractivity (Wildman–Crippen MR) is 252 cm³/mol. The molecular weight excluding hydrogens is 867 g/mol. The molecule has 4 aliphatic rings. The Morgan fingerprint density at radius 3 is 1.97 bits per heavy atom. The average Bonchev–Trinajstić information content (AvgIpc) is 3.91. The average molecular weight is 936 g/mol. The first kappa shape index (κ1) is 49.9. The number of alkyl carbamates (subject to hydrolysis) is 1. The number of hydrogen-bond donors (Lipinski definition) is 1. The zero-order valence-corrected chi connectivity index (χ0v) is 41.4. The van der Waals surface area contributed by atoms with Crippen LogP contribution in [-0.4, -0.2) is 132 Å². The lowest BCUT2D eigenvalue weighted by Crippen LogP contribution is -2.58. The Morgan fingerprint density at radius 1 is 0.803 bits per heavy atom. The summed E-state index contributed by atoms with van der Waals surface area (Å²) in [5.41, 5.74) is 0.592. The van der Waals surface area contributed by atoms with Crippen LogP contribution >= 0.6 is 0 Å². The van der Waals surface area contributed by atoms with Gasteiger partial charge in [0.15, 0.2) is 37.5 Å². The van der Waals surface area contributed by atoms with Crippen molar-refractivity contribution in [3.8, 4) is 23.0 Å². The van der Waals surface area contributed by atoms with Gasteiger partial charge in [0, 0.05) is 31.8 Å². The predicted octanol–water partition coefficient (Wildman–Crippen LogP) is 7.90. The maximum Gasteiger partial charge on any atom is 0.416 e. The summed E-state index contributed by atoms with van der Waals surface area (Å²) in [5, 5.41) is 2.38. The summed E-state index contributed by atoms with van der Waals surface area (Å²) in [4.78, 5) is 75.0. The maximum absolute atomic E-state index is 14.3. The van der Waals surface area contributed by atoms with Gasteiger partial charge in [-0.2, -0.15) is 0 Å². The van der Waals surface area contributed by atoms with Crippen molar-refractivity contribution in [2.75, 3.05) is 70.0 Å². The lowest BCUT2D eigenvalue weighted by molar-refractivity contribution is -0.118. The zero-order valence-electron chi connectivity index (χ0n) is 40.4. The standard InChI is InChI=1S/C48H69N5O12Si/c1-12-22-63-46(58)53-36-28-40(38(60-9)26-33(36)43(56)51-21-17-19-34(51)44(53)65-66(10,11)48(5,6)7)62-24-15-13-14-23-61-39-27-35-32(25-37(39)59-8)42(55)50-20-16-18-31(50)30-52(35)41(54)29-49-45(57)64-47(2,3)4/h12,25-28,31,34,44H,1,13-24,29-30H2,2-11H3,(H,49,57)/t31-,34-,44?/m0/s1. The van der Waals surface area contributed by atoms with Gasteiger partial charge in [0.1, 0.15) is 18.8 Å². The van der Waals surface area contributed by atoms with Gasteiger partial charge >= 0.3 is 12.2 Å². The SMILES string of the molecule is C=CCOC(=O)N1c2cc(OCCCCCOc3cc4c(cc3OC)C(=O)N3CCC[C@H]3CN4C(=O)CNC(=O)OC(C)(C)C)c(OC)cc2C(=O)N2CCC[C@H]2C1O[Si](C)(C)C(C)(C)C. The van der Waals surface area contributed by atoms with E-state index in [1.54, 1.807) is 54.8 Å². The van der Waals surface area contributed by atoms with E-state index in [2.05, 4.69) is 45.8 Å². The molecule has 1 unspecified atom stereocenters. The largest absolute Gasteiger partial charge is 0.493 e. The molecule has 4 heterocycles. The highest BCUT2D eigenvalue weighted by atomic mass is 28.4. The van der Waals surface area contributed by atoms with Crippen LogP contribution in [0.15, 0.2) is 36.9 Å². The van der Waals surface area contributed by atoms with Crippen LogP contribution < -0.4 is 34.1 Å². The highest BCUT2D eigenvalue weighted by Crippen LogP contribution is 2.46. The minimum atomic E-state index is -2.50. The van der Waals surface area contributed by atoms with E-state index < -0.39 is 38.2 Å². The molecule has 6 rings (SSSR count). The molecule has 0 aromatic heterocycles. The summed E-state index contributed by atoms with van der Waals surface area (Å²) >= 11 is 0. The molecule has 4 aliphatic heterocycles. The van der Waals surface area contributed by atoms with E-state index in [1.807, 2.05) is 4.90 Å². The van der Waals surface area contributed by atoms with Crippen LogP contribution in [0, 0.1) is 0 Å². The minimum Gasteiger partial charge on any atom is -0.493 e. The number of amides is 5. The molecule has 2 aromatic rings. The Hall–Kier alpha value is -5.49. The quantitative estimate of drug-likeness (QED) is 0.0981. The molecule has 3 atom stereocenters. The van der Waals surface area contributed by atoms with Gasteiger partial charge in [0.25, 0.3) is 11.8 Å². The fourth-order valence-corrected chi connectivity index (χ4v) is 9.74. The topological polar surface area (TPSA) is 175 Å². The number of carbonyl (C=O) groups is 5. The Morgan fingerprint density at radius 2 is 1.38 bits per heavy atom. The van der Waals surface area contributed by atoms with E-state index in [0.717, 1.165) is 19.3 Å². The molecule has 5 amide bonds. The van der Waals surface area contributed by atoms with Crippen LogP contribution in [0.1, 0.15) is 107 Å². The molecule has 17 nitrogen and oxygen atoms in total. The van der Waals surface area contributed by atoms with Crippen LogP contribution in [0.2, 0.25) is 18.1 Å². The fourth-order valence-electron chi connectivity index (χ4n) is 8.52. The van der Waals surface area contributed by atoms with Crippen molar-refractivity contribution in [3.63, 3.8) is 0 Å². The van der Waals surface area contributed by atoms with Crippen molar-refractivity contribution in [1.29, 1.82) is 0 Å². The van der Waals surface area contributed by atoms with Crippen LogP contribution in [0.4, 0.5) is 21.0 Å². The van der Waals surface area contributed by atoms with Gasteiger partial charge in [-0.1, -0.05) is 33.4 Å². The lowest BCUT2D eigenvalue weighted by Gasteiger charge is -2.44. The summed E-state index contributed by atoms with van der Waals surface area (Å²) < 4.78 is 42.1. The van der Waals surface area contributed by atoms with Crippen molar-refractivity contribution in [2.24, 2.45) is 0 Å². The first-order chi connectivity index (χ1) is 31.2. The smallest absolute Gasteiger partial charge is 0.416 e. The number of anilines is 2. The van der Waals surface area contributed by atoms with E-state index >= 15 is 0 Å². The molecule has 2 saturated heterocycles. The van der Waals surface area contributed by atoms with Gasteiger partial charge in [-0.05, 0) is 96.0 Å². The molecule has 0 saturated carbocycles. The number of ether oxygens (including phenoxy) is 6. The zero-order chi connectivity index (χ0) is 48.1. The number of unbranched alkanes of at least 4 members (excludes halogenated alkanes) is 2. The third-order valence-electron chi connectivity index (χ3n) is 12.9. The van der Waals surface area contributed by atoms with Crippen molar-refractivity contribution in [2.45, 2.75) is 129 Å². The third-order valence-corrected chi connectivity index (χ3v) is 17.3. The lowest BCUT2D eigenvalue weighted by atomic mass is 10.1. The number of nitrogens with one attached hydrogen (secondary N) is 1. The van der Waals surface area contributed by atoms with E-state index in [1.165, 1.54) is 25.2 Å². The number of nitrogens with zero attached hydrogens (tertiary/aromatic N) is 4. The molecule has 2 aromatic carbocycles. The van der Waals surface area contributed by atoms with Gasteiger partial charge in [-0.15, -0.1) is 0 Å². The number of methoxy groups -OCH3 is 2. The van der Waals surface area contributed by atoms with Crippen LogP contribution in [-0.2, 0) is 18.7 Å². The number of benzene rings is 2. The van der Waals surface area contributed by atoms with Crippen LogP contribution in [0.3, 0.4) is 0 Å². The highest BCUT2D eigenvalue weighted by Gasteiger charge is 2.51. The number of hydrogen-bond acceptors (Lipinski definition) is 12. The van der Waals surface area contributed by atoms with E-state index in [4.69, 9.17) is 32.8 Å². The second kappa shape index (κ2) is 20.6. The first-order valence-corrected chi connectivity index (χ1v) is 25.9. The second-order valence-electron chi connectivity index (χ2n) is 19.7. The second-order valence-corrected chi connectivity index (χ2v) is 24.4. The maximum atomic E-state index is 14.3. The minimum absolute atomic E-state index is 0.0195. The van der Waals surface area contributed by atoms with Crippen LogP contribution in [0.5, 0.6) is 23.0 Å². The summed E-state index contributed by atoms with van der Waals surface area (Å²) in [5.74, 6) is 0.649. The molecule has 0 spiro atoms. The van der Waals surface area contributed by atoms with Gasteiger partial charge in [-0.3, -0.25) is 14.4 Å². The summed E-state index contributed by atoms with van der Waals surface area (Å²) in [7, 11) is 0.515. The Balaban J connectivity index is 1.15. The molecule has 0 radical (unpaired) electrons. The third kappa shape index (κ3) is 11.0.